The van der Waals surface area contributed by atoms with Gasteiger partial charge in [0, 0.05) is 0 Å². The van der Waals surface area contributed by atoms with Gasteiger partial charge in [-0.15, -0.1) is 35.3 Å². The molecule has 0 rings (SSSR count). The summed E-state index contributed by atoms with van der Waals surface area (Å²) in [6.07, 6.45) is 14.8. The molecular formula is C31H64O6S3Sn. The first-order chi connectivity index (χ1) is 19.6. The topological polar surface area (TPSA) is 112 Å². The summed E-state index contributed by atoms with van der Waals surface area (Å²) >= 11 is 5.98. The Bertz CT molecular complexity index is 494. The number of unbranched alkanes of at least 4 members (excludes halogenated alkanes) is 3. The molecule has 2 radical (unpaired) electrons. The van der Waals surface area contributed by atoms with Crippen molar-refractivity contribution < 1.29 is 29.7 Å². The van der Waals surface area contributed by atoms with Gasteiger partial charge < -0.3 is 15.3 Å². The zero-order valence-corrected chi connectivity index (χ0v) is 33.1. The molecule has 0 saturated heterocycles. The van der Waals surface area contributed by atoms with Crippen molar-refractivity contribution in [2.24, 2.45) is 17.8 Å². The van der Waals surface area contributed by atoms with E-state index in [9.17, 15) is 14.4 Å². The summed E-state index contributed by atoms with van der Waals surface area (Å²) < 4.78 is 0. The van der Waals surface area contributed by atoms with Gasteiger partial charge in [-0.05, 0) is 54.3 Å². The zero-order chi connectivity index (χ0) is 32.3. The van der Waals surface area contributed by atoms with Gasteiger partial charge in [0.25, 0.3) is 0 Å². The molecule has 246 valence electrons. The van der Waals surface area contributed by atoms with Crippen LogP contribution in [-0.4, -0.2) is 90.3 Å². The Balaban J connectivity index is -0.000000243. The van der Waals surface area contributed by atoms with E-state index in [2.05, 4.69) is 46.5 Å². The van der Waals surface area contributed by atoms with Gasteiger partial charge in [-0.1, -0.05) is 99.3 Å². The normalized spacial score (nSPS) is 12.3. The van der Waals surface area contributed by atoms with Gasteiger partial charge in [-0.2, -0.15) is 0 Å². The monoisotopic (exact) mass is 748 g/mol. The predicted molar refractivity (Wildman–Crippen MR) is 188 cm³/mol. The molecule has 41 heavy (non-hydrogen) atoms. The van der Waals surface area contributed by atoms with E-state index >= 15 is 0 Å². The quantitative estimate of drug-likeness (QED) is 0.0834. The van der Waals surface area contributed by atoms with Crippen molar-refractivity contribution in [2.75, 3.05) is 34.5 Å². The Morgan fingerprint density at radius 3 is 0.878 bits per heavy atom. The van der Waals surface area contributed by atoms with Crippen LogP contribution >= 0.6 is 35.3 Å². The summed E-state index contributed by atoms with van der Waals surface area (Å²) in [6.45, 7) is 13.1. The number of rotatable bonds is 24. The summed E-state index contributed by atoms with van der Waals surface area (Å²) in [4.78, 5) is 32.9. The predicted octanol–water partition coefficient (Wildman–Crippen LogP) is 9.00. The van der Waals surface area contributed by atoms with Gasteiger partial charge in [0.2, 0.25) is 0 Å². The van der Waals surface area contributed by atoms with Crippen LogP contribution in [0.25, 0.3) is 0 Å². The van der Waals surface area contributed by atoms with Crippen molar-refractivity contribution in [1.29, 1.82) is 0 Å². The number of thioether (sulfide) groups is 3. The molecule has 6 nitrogen and oxygen atoms in total. The molecule has 0 aromatic rings. The van der Waals surface area contributed by atoms with Crippen LogP contribution in [-0.2, 0) is 14.4 Å². The van der Waals surface area contributed by atoms with Crippen molar-refractivity contribution in [2.45, 2.75) is 124 Å². The summed E-state index contributed by atoms with van der Waals surface area (Å²) in [5.41, 5.74) is 0. The standard InChI is InChI=1S/3C10H20O2S.CH3.Sn.H/c3*1-3-5-6-9(4-2)7-13-8-10(11)12;;;/h3*9H,3-8H2,1-2H3,(H,11,12);1H3;;. The van der Waals surface area contributed by atoms with Crippen LogP contribution in [0.4, 0.5) is 0 Å². The fraction of sp³-hybridized carbons (Fsp3) is 0.903. The van der Waals surface area contributed by atoms with E-state index in [1.54, 1.807) is 35.3 Å². The van der Waals surface area contributed by atoms with Crippen LogP contribution < -0.4 is 0 Å². The van der Waals surface area contributed by atoms with Gasteiger partial charge in [0.05, 0.1) is 17.3 Å². The van der Waals surface area contributed by atoms with E-state index in [-0.39, 0.29) is 17.3 Å². The van der Waals surface area contributed by atoms with Crippen LogP contribution in [0.3, 0.4) is 0 Å². The summed E-state index contributed by atoms with van der Waals surface area (Å²) in [6, 6.07) is 0. The summed E-state index contributed by atoms with van der Waals surface area (Å²) in [5, 5.41) is 25.4. The molecular weight excluding hydrogens is 683 g/mol. The van der Waals surface area contributed by atoms with Gasteiger partial charge in [0.15, 0.2) is 0 Å². The average molecular weight is 748 g/mol. The fourth-order valence-corrected chi connectivity index (χ4v) is 6.72. The van der Waals surface area contributed by atoms with E-state index in [4.69, 9.17) is 15.3 Å². The molecule has 3 unspecified atom stereocenters. The van der Waals surface area contributed by atoms with Crippen molar-refractivity contribution in [3.63, 3.8) is 0 Å². The Morgan fingerprint density at radius 2 is 0.732 bits per heavy atom. The van der Waals surface area contributed by atoms with Gasteiger partial charge in [0.1, 0.15) is 0 Å². The Morgan fingerprint density at radius 1 is 0.512 bits per heavy atom. The maximum atomic E-state index is 10.3. The molecule has 0 aromatic heterocycles. The maximum absolute atomic E-state index is 10.3. The third kappa shape index (κ3) is 44.8. The van der Waals surface area contributed by atoms with Gasteiger partial charge in [-0.25, -0.2) is 0 Å². The van der Waals surface area contributed by atoms with E-state index in [1.165, 1.54) is 99.6 Å². The van der Waals surface area contributed by atoms with Gasteiger partial charge in [-0.3, -0.25) is 14.4 Å². The van der Waals surface area contributed by atoms with E-state index in [1.807, 2.05) is 0 Å². The molecule has 0 aliphatic heterocycles. The number of aliphatic carboxylic acids is 3. The van der Waals surface area contributed by atoms with Gasteiger partial charge >= 0.3 is 45.4 Å². The second kappa shape index (κ2) is 40.3. The van der Waals surface area contributed by atoms with Crippen molar-refractivity contribution in [1.82, 2.24) is 0 Å². The Kier molecular flexibility index (Phi) is 47.3. The minimum absolute atomic E-state index is 0.253. The number of hydrogen-bond acceptors (Lipinski definition) is 6. The van der Waals surface area contributed by atoms with Crippen LogP contribution in [0.2, 0.25) is 4.94 Å². The number of carboxylic acids is 3. The molecule has 0 aliphatic rings. The fourth-order valence-electron chi connectivity index (χ4n) is 3.63. The Labute approximate surface area is 279 Å². The summed E-state index contributed by atoms with van der Waals surface area (Å²) in [5.74, 6) is 3.81. The first kappa shape index (κ1) is 48.2. The van der Waals surface area contributed by atoms with Crippen LogP contribution in [0.15, 0.2) is 0 Å². The third-order valence-corrected chi connectivity index (χ3v) is 9.84. The molecule has 0 heterocycles. The molecule has 0 aromatic carbocycles. The minimum atomic E-state index is -0.699. The molecule has 0 bridgehead atoms. The molecule has 0 fully saturated rings. The van der Waals surface area contributed by atoms with Crippen LogP contribution in [0, 0.1) is 17.8 Å². The number of carboxylic acid groups (broad SMARTS) is 3. The zero-order valence-electron chi connectivity index (χ0n) is 27.3. The molecule has 3 atom stereocenters. The molecule has 3 N–H and O–H groups in total. The van der Waals surface area contributed by atoms with Crippen LogP contribution in [0.5, 0.6) is 0 Å². The third-order valence-electron chi connectivity index (χ3n) is 6.37. The van der Waals surface area contributed by atoms with E-state index in [0.29, 0.717) is 17.8 Å². The number of hydrogen-bond donors (Lipinski definition) is 3. The Hall–Kier alpha value is 0.259. The number of carbonyl (C=O) groups is 3. The molecule has 10 heteroatoms. The van der Waals surface area contributed by atoms with Crippen molar-refractivity contribution >= 4 is 75.7 Å². The molecule has 0 spiro atoms. The SMILES string of the molecule is CCCCC(CC)CSCC(=O)O.CCCCC(CC)CSCC(=O)O.CCCCC(CC)CSCC(=O)O.[CH3][SnH]. The summed E-state index contributed by atoms with van der Waals surface area (Å²) in [7, 11) is 0. The molecule has 0 saturated carbocycles. The molecule has 0 aliphatic carbocycles. The second-order valence-corrected chi connectivity index (χ2v) is 13.1. The van der Waals surface area contributed by atoms with E-state index < -0.39 is 17.9 Å². The average Bonchev–Trinajstić information content (AvgIpc) is 2.95. The first-order valence-corrected chi connectivity index (χ1v) is 22.3. The van der Waals surface area contributed by atoms with Crippen molar-refractivity contribution in [3.05, 3.63) is 0 Å². The van der Waals surface area contributed by atoms with Crippen molar-refractivity contribution in [3.8, 4) is 0 Å². The molecule has 0 amide bonds. The first-order valence-electron chi connectivity index (χ1n) is 15.6. The van der Waals surface area contributed by atoms with E-state index in [0.717, 1.165) is 17.3 Å². The van der Waals surface area contributed by atoms with Crippen LogP contribution in [0.1, 0.15) is 119 Å². The second-order valence-electron chi connectivity index (χ2n) is 9.98.